The van der Waals surface area contributed by atoms with Crippen LogP contribution in [-0.4, -0.2) is 35.4 Å². The van der Waals surface area contributed by atoms with Crippen molar-refractivity contribution in [2.75, 3.05) is 13.7 Å². The number of fused-ring (bicyclic) bond motifs is 1. The van der Waals surface area contributed by atoms with E-state index in [9.17, 15) is 4.79 Å². The number of methoxy groups -OCH3 is 1. The van der Waals surface area contributed by atoms with E-state index in [2.05, 4.69) is 42.5 Å². The molecule has 2 heterocycles. The highest BCUT2D eigenvalue weighted by atomic mass is 16.5. The Bertz CT molecular complexity index is 970. The van der Waals surface area contributed by atoms with Crippen LogP contribution in [0.2, 0.25) is 0 Å². The van der Waals surface area contributed by atoms with Gasteiger partial charge in [-0.1, -0.05) is 19.9 Å². The quantitative estimate of drug-likeness (QED) is 0.791. The molecule has 6 nitrogen and oxygen atoms in total. The predicted octanol–water partition coefficient (Wildman–Crippen LogP) is 3.96. The van der Waals surface area contributed by atoms with E-state index in [1.165, 1.54) is 12.0 Å². The molecule has 2 bridgehead atoms. The van der Waals surface area contributed by atoms with E-state index >= 15 is 0 Å². The van der Waals surface area contributed by atoms with Crippen LogP contribution in [0.25, 0.3) is 0 Å². The first-order valence-corrected chi connectivity index (χ1v) is 11.4. The summed E-state index contributed by atoms with van der Waals surface area (Å²) in [6, 6.07) is 8.58. The average Bonchev–Trinajstić information content (AvgIpc) is 3.43. The summed E-state index contributed by atoms with van der Waals surface area (Å²) in [6.45, 7) is 7.72. The minimum atomic E-state index is 0.0494. The van der Waals surface area contributed by atoms with E-state index in [1.54, 1.807) is 20.2 Å². The standard InChI is InChI=1S/C25H33N3O3/c1-16(29)27-23-24(2,3)19-13-20-22(31-11-8-25(20,23)14-19)17-6-7-21(30-4)18(12-17)15-28-10-5-9-26-28/h5-7,9-10,12,19-20,22-23H,8,11,13-15H2,1-4H3,(H,27,29)/t19-,20-,22-,23-,25-/m1/s1. The molecule has 2 aromatic rings. The maximum atomic E-state index is 12.1. The van der Waals surface area contributed by atoms with Crippen molar-refractivity contribution in [3.05, 3.63) is 47.8 Å². The molecule has 0 unspecified atom stereocenters. The van der Waals surface area contributed by atoms with Gasteiger partial charge in [-0.15, -0.1) is 0 Å². The predicted molar refractivity (Wildman–Crippen MR) is 118 cm³/mol. The number of benzene rings is 1. The van der Waals surface area contributed by atoms with Gasteiger partial charge in [0.15, 0.2) is 0 Å². The van der Waals surface area contributed by atoms with Crippen molar-refractivity contribution in [2.24, 2.45) is 22.7 Å². The van der Waals surface area contributed by atoms with E-state index in [0.29, 0.717) is 18.4 Å². The highest BCUT2D eigenvalue weighted by Crippen LogP contribution is 2.70. The Hall–Kier alpha value is -2.34. The third kappa shape index (κ3) is 3.18. The van der Waals surface area contributed by atoms with Crippen LogP contribution in [0.1, 0.15) is 57.3 Å². The molecule has 2 saturated carbocycles. The van der Waals surface area contributed by atoms with Gasteiger partial charge in [-0.25, -0.2) is 0 Å². The number of rotatable bonds is 5. The molecule has 3 aliphatic rings. The SMILES string of the molecule is COc1ccc([C@H]2OCC[C@@]34C[C@@H](C[C@H]23)C(C)(C)[C@H]4NC(C)=O)cc1Cn1cccn1. The summed E-state index contributed by atoms with van der Waals surface area (Å²) in [5.41, 5.74) is 2.55. The van der Waals surface area contributed by atoms with Crippen LogP contribution in [-0.2, 0) is 16.1 Å². The Morgan fingerprint density at radius 3 is 2.94 bits per heavy atom. The molecule has 5 rings (SSSR count). The molecule has 1 aromatic carbocycles. The van der Waals surface area contributed by atoms with Gasteiger partial charge >= 0.3 is 0 Å². The molecule has 0 radical (unpaired) electrons. The monoisotopic (exact) mass is 423 g/mol. The highest BCUT2D eigenvalue weighted by Gasteiger charge is 2.68. The number of amides is 1. The van der Waals surface area contributed by atoms with Crippen LogP contribution < -0.4 is 10.1 Å². The lowest BCUT2D eigenvalue weighted by atomic mass is 9.59. The van der Waals surface area contributed by atoms with Crippen LogP contribution in [0.4, 0.5) is 0 Å². The summed E-state index contributed by atoms with van der Waals surface area (Å²) in [6.07, 6.45) is 7.18. The van der Waals surface area contributed by atoms with Crippen LogP contribution >= 0.6 is 0 Å². The van der Waals surface area contributed by atoms with E-state index in [0.717, 1.165) is 30.8 Å². The molecule has 1 amide bonds. The number of hydrogen-bond acceptors (Lipinski definition) is 4. The number of carbonyl (C=O) groups is 1. The molecule has 1 spiro atoms. The Labute approximate surface area is 184 Å². The number of nitrogens with zero attached hydrogens (tertiary/aromatic N) is 2. The molecular formula is C25H33N3O3. The van der Waals surface area contributed by atoms with Crippen molar-refractivity contribution in [3.8, 4) is 5.75 Å². The topological polar surface area (TPSA) is 65.4 Å². The second kappa shape index (κ2) is 7.37. The van der Waals surface area contributed by atoms with Crippen LogP contribution in [0.5, 0.6) is 5.75 Å². The molecule has 1 aliphatic heterocycles. The number of aromatic nitrogens is 2. The van der Waals surface area contributed by atoms with E-state index in [4.69, 9.17) is 9.47 Å². The first-order valence-electron chi connectivity index (χ1n) is 11.4. The van der Waals surface area contributed by atoms with Gasteiger partial charge in [0.2, 0.25) is 5.91 Å². The number of nitrogens with one attached hydrogen (secondary N) is 1. The summed E-state index contributed by atoms with van der Waals surface area (Å²) in [4.78, 5) is 12.1. The van der Waals surface area contributed by atoms with E-state index in [-0.39, 0.29) is 28.9 Å². The molecule has 1 saturated heterocycles. The summed E-state index contributed by atoms with van der Waals surface area (Å²) in [7, 11) is 1.71. The first-order chi connectivity index (χ1) is 14.8. The van der Waals surface area contributed by atoms with Crippen LogP contribution in [0.15, 0.2) is 36.7 Å². The fourth-order valence-electron chi connectivity index (χ4n) is 6.99. The lowest BCUT2D eigenvalue weighted by Crippen LogP contribution is -2.58. The Morgan fingerprint density at radius 1 is 1.39 bits per heavy atom. The Balaban J connectivity index is 1.49. The minimum absolute atomic E-state index is 0.0494. The van der Waals surface area contributed by atoms with Crippen molar-refractivity contribution in [3.63, 3.8) is 0 Å². The van der Waals surface area contributed by atoms with Crippen LogP contribution in [0.3, 0.4) is 0 Å². The summed E-state index contributed by atoms with van der Waals surface area (Å²) >= 11 is 0. The van der Waals surface area contributed by atoms with Crippen molar-refractivity contribution in [2.45, 2.75) is 58.7 Å². The zero-order valence-electron chi connectivity index (χ0n) is 18.9. The Kier molecular flexibility index (Phi) is 4.88. The van der Waals surface area contributed by atoms with Gasteiger partial charge in [0.25, 0.3) is 0 Å². The summed E-state index contributed by atoms with van der Waals surface area (Å²) < 4.78 is 14.0. The zero-order chi connectivity index (χ0) is 21.8. The molecule has 2 aliphatic carbocycles. The van der Waals surface area contributed by atoms with Gasteiger partial charge in [0.05, 0.1) is 19.8 Å². The second-order valence-corrected chi connectivity index (χ2v) is 10.2. The van der Waals surface area contributed by atoms with Crippen LogP contribution in [0, 0.1) is 22.7 Å². The molecule has 166 valence electrons. The number of hydrogen-bond donors (Lipinski definition) is 1. The molecule has 1 N–H and O–H groups in total. The second-order valence-electron chi connectivity index (χ2n) is 10.2. The van der Waals surface area contributed by atoms with Gasteiger partial charge in [-0.05, 0) is 65.7 Å². The van der Waals surface area contributed by atoms with Gasteiger partial charge in [0, 0.05) is 37.5 Å². The molecular weight excluding hydrogens is 390 g/mol. The number of carbonyl (C=O) groups excluding carboxylic acids is 1. The maximum absolute atomic E-state index is 12.1. The number of ether oxygens (including phenoxy) is 2. The minimum Gasteiger partial charge on any atom is -0.496 e. The van der Waals surface area contributed by atoms with E-state index < -0.39 is 0 Å². The van der Waals surface area contributed by atoms with Gasteiger partial charge < -0.3 is 14.8 Å². The third-order valence-corrected chi connectivity index (χ3v) is 8.38. The lowest BCUT2D eigenvalue weighted by Gasteiger charge is -2.53. The summed E-state index contributed by atoms with van der Waals surface area (Å²) in [5, 5.41) is 7.71. The van der Waals surface area contributed by atoms with Crippen molar-refractivity contribution in [1.29, 1.82) is 0 Å². The molecule has 31 heavy (non-hydrogen) atoms. The van der Waals surface area contributed by atoms with Crippen molar-refractivity contribution >= 4 is 5.91 Å². The fourth-order valence-corrected chi connectivity index (χ4v) is 6.99. The smallest absolute Gasteiger partial charge is 0.217 e. The largest absolute Gasteiger partial charge is 0.496 e. The average molecular weight is 424 g/mol. The third-order valence-electron chi connectivity index (χ3n) is 8.38. The van der Waals surface area contributed by atoms with Gasteiger partial charge in [-0.3, -0.25) is 9.48 Å². The fraction of sp³-hybridized carbons (Fsp3) is 0.600. The lowest BCUT2D eigenvalue weighted by molar-refractivity contribution is -0.136. The maximum Gasteiger partial charge on any atom is 0.217 e. The van der Waals surface area contributed by atoms with Gasteiger partial charge in [0.1, 0.15) is 5.75 Å². The van der Waals surface area contributed by atoms with Crippen molar-refractivity contribution < 1.29 is 14.3 Å². The zero-order valence-corrected chi connectivity index (χ0v) is 18.9. The molecule has 1 aromatic heterocycles. The molecule has 3 fully saturated rings. The first kappa shape index (κ1) is 20.6. The normalized spacial score (nSPS) is 33.2. The van der Waals surface area contributed by atoms with E-state index in [1.807, 2.05) is 16.9 Å². The molecule has 6 heteroatoms. The van der Waals surface area contributed by atoms with Gasteiger partial charge in [-0.2, -0.15) is 5.10 Å². The Morgan fingerprint density at radius 2 is 2.23 bits per heavy atom. The van der Waals surface area contributed by atoms with Crippen molar-refractivity contribution in [1.82, 2.24) is 15.1 Å². The highest BCUT2D eigenvalue weighted by molar-refractivity contribution is 5.73. The molecule has 5 atom stereocenters. The summed E-state index contributed by atoms with van der Waals surface area (Å²) in [5.74, 6) is 1.98.